The van der Waals surface area contributed by atoms with E-state index >= 15 is 0 Å². The summed E-state index contributed by atoms with van der Waals surface area (Å²) in [5, 5.41) is 3.52. The van der Waals surface area contributed by atoms with Gasteiger partial charge in [-0.2, -0.15) is 0 Å². The standard InChI is InChI=1S/C18H23NO/c1-12-4-6-15(7-5-12)14(3)19-11-16-8-9-18(20-16)17-10-13(17)2/h4-9,13-14,17,19H,10-11H2,1-3H3/t13?,14-,17?/m1/s1. The van der Waals surface area contributed by atoms with Crippen LogP contribution in [-0.2, 0) is 6.54 Å². The molecule has 2 unspecified atom stereocenters. The van der Waals surface area contributed by atoms with Crippen molar-refractivity contribution >= 4 is 0 Å². The van der Waals surface area contributed by atoms with Crippen molar-refractivity contribution in [1.82, 2.24) is 5.32 Å². The summed E-state index contributed by atoms with van der Waals surface area (Å²) >= 11 is 0. The molecule has 1 fully saturated rings. The van der Waals surface area contributed by atoms with Crippen LogP contribution < -0.4 is 5.32 Å². The van der Waals surface area contributed by atoms with E-state index in [4.69, 9.17) is 4.42 Å². The average Bonchev–Trinajstić information content (AvgIpc) is 3.00. The number of nitrogens with one attached hydrogen (secondary N) is 1. The molecule has 0 spiro atoms. The Labute approximate surface area is 121 Å². The van der Waals surface area contributed by atoms with Gasteiger partial charge in [0, 0.05) is 12.0 Å². The van der Waals surface area contributed by atoms with Crippen LogP contribution in [0.2, 0.25) is 0 Å². The van der Waals surface area contributed by atoms with Crippen molar-refractivity contribution in [2.24, 2.45) is 5.92 Å². The lowest BCUT2D eigenvalue weighted by Gasteiger charge is -2.13. The third kappa shape index (κ3) is 2.96. The topological polar surface area (TPSA) is 25.2 Å². The van der Waals surface area contributed by atoms with Gasteiger partial charge in [0.1, 0.15) is 11.5 Å². The zero-order valence-electron chi connectivity index (χ0n) is 12.5. The molecule has 2 aromatic rings. The van der Waals surface area contributed by atoms with Crippen molar-refractivity contribution in [3.63, 3.8) is 0 Å². The predicted octanol–water partition coefficient (Wildman–Crippen LogP) is 4.56. The molecular weight excluding hydrogens is 246 g/mol. The SMILES string of the molecule is Cc1ccc([C@@H](C)NCc2ccc(C3CC3C)o2)cc1. The van der Waals surface area contributed by atoms with Crippen LogP contribution in [0.4, 0.5) is 0 Å². The molecule has 20 heavy (non-hydrogen) atoms. The maximum Gasteiger partial charge on any atom is 0.117 e. The van der Waals surface area contributed by atoms with Gasteiger partial charge in [0.25, 0.3) is 0 Å². The molecule has 2 nitrogen and oxygen atoms in total. The van der Waals surface area contributed by atoms with Gasteiger partial charge in [-0.1, -0.05) is 36.8 Å². The highest BCUT2D eigenvalue weighted by molar-refractivity contribution is 5.24. The Balaban J connectivity index is 1.56. The van der Waals surface area contributed by atoms with Gasteiger partial charge in [-0.15, -0.1) is 0 Å². The largest absolute Gasteiger partial charge is 0.464 e. The monoisotopic (exact) mass is 269 g/mol. The first kappa shape index (κ1) is 13.4. The summed E-state index contributed by atoms with van der Waals surface area (Å²) in [6.45, 7) is 7.38. The molecule has 2 heteroatoms. The Morgan fingerprint density at radius 1 is 1.20 bits per heavy atom. The maximum atomic E-state index is 5.92. The summed E-state index contributed by atoms with van der Waals surface area (Å²) in [6, 6.07) is 13.3. The molecule has 0 aliphatic heterocycles. The molecule has 3 atom stereocenters. The van der Waals surface area contributed by atoms with Gasteiger partial charge in [0.2, 0.25) is 0 Å². The van der Waals surface area contributed by atoms with Crippen LogP contribution >= 0.6 is 0 Å². The summed E-state index contributed by atoms with van der Waals surface area (Å²) in [4.78, 5) is 0. The normalized spacial score (nSPS) is 22.8. The molecule has 0 amide bonds. The van der Waals surface area contributed by atoms with E-state index in [-0.39, 0.29) is 0 Å². The van der Waals surface area contributed by atoms with Crippen LogP contribution in [0.15, 0.2) is 40.8 Å². The summed E-state index contributed by atoms with van der Waals surface area (Å²) < 4.78 is 5.92. The van der Waals surface area contributed by atoms with Crippen LogP contribution in [0.1, 0.15) is 54.9 Å². The van der Waals surface area contributed by atoms with Crippen molar-refractivity contribution in [2.75, 3.05) is 0 Å². The van der Waals surface area contributed by atoms with Crippen molar-refractivity contribution in [2.45, 2.75) is 45.7 Å². The van der Waals surface area contributed by atoms with Crippen LogP contribution in [0.5, 0.6) is 0 Å². The Kier molecular flexibility index (Phi) is 3.66. The molecule has 1 aromatic carbocycles. The fourth-order valence-corrected chi connectivity index (χ4v) is 2.63. The number of hydrogen-bond donors (Lipinski definition) is 1. The molecule has 1 aromatic heterocycles. The first-order valence-corrected chi connectivity index (χ1v) is 7.52. The van der Waals surface area contributed by atoms with Gasteiger partial charge < -0.3 is 9.73 Å². The molecule has 1 N–H and O–H groups in total. The summed E-state index contributed by atoms with van der Waals surface area (Å²) in [7, 11) is 0. The minimum absolute atomic E-state index is 0.337. The molecule has 1 aliphatic rings. The second kappa shape index (κ2) is 5.45. The lowest BCUT2D eigenvalue weighted by atomic mass is 10.1. The van der Waals surface area contributed by atoms with Gasteiger partial charge in [0.15, 0.2) is 0 Å². The molecule has 106 valence electrons. The van der Waals surface area contributed by atoms with Crippen molar-refractivity contribution in [1.29, 1.82) is 0 Å². The summed E-state index contributed by atoms with van der Waals surface area (Å²) in [6.07, 6.45) is 1.28. The third-order valence-electron chi connectivity index (χ3n) is 4.32. The first-order valence-electron chi connectivity index (χ1n) is 7.52. The molecule has 1 aliphatic carbocycles. The van der Waals surface area contributed by atoms with Gasteiger partial charge in [-0.25, -0.2) is 0 Å². The highest BCUT2D eigenvalue weighted by Gasteiger charge is 2.36. The predicted molar refractivity (Wildman–Crippen MR) is 81.7 cm³/mol. The Morgan fingerprint density at radius 3 is 2.55 bits per heavy atom. The molecule has 0 bridgehead atoms. The van der Waals surface area contributed by atoms with Gasteiger partial charge in [-0.05, 0) is 43.9 Å². The van der Waals surface area contributed by atoms with E-state index in [2.05, 4.69) is 62.5 Å². The first-order chi connectivity index (χ1) is 9.63. The third-order valence-corrected chi connectivity index (χ3v) is 4.32. The van der Waals surface area contributed by atoms with Gasteiger partial charge in [-0.3, -0.25) is 0 Å². The average molecular weight is 269 g/mol. The Morgan fingerprint density at radius 2 is 1.90 bits per heavy atom. The van der Waals surface area contributed by atoms with E-state index in [0.29, 0.717) is 12.0 Å². The van der Waals surface area contributed by atoms with Crippen LogP contribution in [0.25, 0.3) is 0 Å². The quantitative estimate of drug-likeness (QED) is 0.860. The fourth-order valence-electron chi connectivity index (χ4n) is 2.63. The van der Waals surface area contributed by atoms with Gasteiger partial charge in [0.05, 0.1) is 6.54 Å². The van der Waals surface area contributed by atoms with Crippen LogP contribution in [0, 0.1) is 12.8 Å². The molecular formula is C18H23NO. The smallest absolute Gasteiger partial charge is 0.117 e. The minimum Gasteiger partial charge on any atom is -0.464 e. The molecule has 1 saturated carbocycles. The number of hydrogen-bond acceptors (Lipinski definition) is 2. The van der Waals surface area contributed by atoms with Crippen LogP contribution in [0.3, 0.4) is 0 Å². The van der Waals surface area contributed by atoms with E-state index in [1.54, 1.807) is 0 Å². The number of benzene rings is 1. The van der Waals surface area contributed by atoms with Crippen LogP contribution in [-0.4, -0.2) is 0 Å². The van der Waals surface area contributed by atoms with E-state index in [9.17, 15) is 0 Å². The molecule has 3 rings (SSSR count). The van der Waals surface area contributed by atoms with Crippen molar-refractivity contribution < 1.29 is 4.42 Å². The maximum absolute atomic E-state index is 5.92. The lowest BCUT2D eigenvalue weighted by molar-refractivity contribution is 0.430. The minimum atomic E-state index is 0.337. The summed E-state index contributed by atoms with van der Waals surface area (Å²) in [5.74, 6) is 3.67. The number of aryl methyl sites for hydroxylation is 1. The highest BCUT2D eigenvalue weighted by atomic mass is 16.3. The van der Waals surface area contributed by atoms with Gasteiger partial charge >= 0.3 is 0 Å². The van der Waals surface area contributed by atoms with E-state index in [1.807, 2.05) is 0 Å². The Hall–Kier alpha value is -1.54. The highest BCUT2D eigenvalue weighted by Crippen LogP contribution is 2.47. The lowest BCUT2D eigenvalue weighted by Crippen LogP contribution is -2.17. The van der Waals surface area contributed by atoms with Crippen molar-refractivity contribution in [3.8, 4) is 0 Å². The molecule has 0 radical (unpaired) electrons. The zero-order valence-corrected chi connectivity index (χ0v) is 12.5. The molecule has 1 heterocycles. The fraction of sp³-hybridized carbons (Fsp3) is 0.444. The van der Waals surface area contributed by atoms with Crippen molar-refractivity contribution in [3.05, 3.63) is 59.0 Å². The number of furan rings is 1. The van der Waals surface area contributed by atoms with E-state index < -0.39 is 0 Å². The Bertz CT molecular complexity index is 569. The zero-order chi connectivity index (χ0) is 14.1. The molecule has 0 saturated heterocycles. The summed E-state index contributed by atoms with van der Waals surface area (Å²) in [5.41, 5.74) is 2.62. The second-order valence-electron chi connectivity index (χ2n) is 6.14. The second-order valence-corrected chi connectivity index (χ2v) is 6.14. The van der Waals surface area contributed by atoms with E-state index in [1.165, 1.54) is 17.5 Å². The van der Waals surface area contributed by atoms with E-state index in [0.717, 1.165) is 24.0 Å². The number of rotatable bonds is 5.